The van der Waals surface area contributed by atoms with E-state index in [2.05, 4.69) is 25.9 Å². The van der Waals surface area contributed by atoms with E-state index in [-0.39, 0.29) is 0 Å². The van der Waals surface area contributed by atoms with Gasteiger partial charge in [-0.05, 0) is 27.9 Å². The van der Waals surface area contributed by atoms with Gasteiger partial charge in [-0.15, -0.1) is 0 Å². The number of halogens is 1. The van der Waals surface area contributed by atoms with Gasteiger partial charge in [0.05, 0.1) is 18.1 Å². The molecule has 1 aromatic rings. The summed E-state index contributed by atoms with van der Waals surface area (Å²) in [6.07, 6.45) is 4.85. The quantitative estimate of drug-likeness (QED) is 0.842. The molecule has 74 valence electrons. The summed E-state index contributed by atoms with van der Waals surface area (Å²) in [6, 6.07) is 0. The van der Waals surface area contributed by atoms with Gasteiger partial charge < -0.3 is 5.11 Å². The molecule has 0 atom stereocenters. The second kappa shape index (κ2) is 4.85. The lowest BCUT2D eigenvalue weighted by Gasteiger charge is -2.01. The molecule has 0 aliphatic rings. The molecule has 0 saturated heterocycles. The van der Waals surface area contributed by atoms with Crippen LogP contribution in [0, 0.1) is 0 Å². The fourth-order valence-corrected chi connectivity index (χ4v) is 1.19. The Kier molecular flexibility index (Phi) is 3.76. The number of allylic oxidation sites excluding steroid dienone is 1. The van der Waals surface area contributed by atoms with Gasteiger partial charge in [-0.1, -0.05) is 6.92 Å². The number of hydrogen-bond acceptors (Lipinski definition) is 3. The number of aromatic nitrogens is 2. The van der Waals surface area contributed by atoms with E-state index in [0.717, 1.165) is 6.08 Å². The van der Waals surface area contributed by atoms with Crippen molar-refractivity contribution in [1.29, 1.82) is 0 Å². The maximum atomic E-state index is 10.5. The molecule has 0 amide bonds. The number of carboxylic acids is 1. The smallest absolute Gasteiger partial charge is 0.328 e. The Bertz CT molecular complexity index is 360. The lowest BCUT2D eigenvalue weighted by molar-refractivity contribution is -0.131. The zero-order valence-electron chi connectivity index (χ0n) is 7.57. The van der Waals surface area contributed by atoms with E-state index in [0.29, 0.717) is 22.3 Å². The van der Waals surface area contributed by atoms with Crippen molar-refractivity contribution >= 4 is 27.5 Å². The highest BCUT2D eigenvalue weighted by Crippen LogP contribution is 2.15. The molecule has 0 bridgehead atoms. The van der Waals surface area contributed by atoms with E-state index in [1.807, 2.05) is 6.92 Å². The summed E-state index contributed by atoms with van der Waals surface area (Å²) >= 11 is 3.16. The molecule has 0 fully saturated rings. The van der Waals surface area contributed by atoms with Crippen LogP contribution < -0.4 is 0 Å². The molecule has 0 radical (unpaired) electrons. The minimum absolute atomic E-state index is 0.595. The van der Waals surface area contributed by atoms with Crippen LogP contribution in [0.5, 0.6) is 0 Å². The third-order valence-corrected chi connectivity index (χ3v) is 2.04. The Morgan fingerprint density at radius 2 is 2.29 bits per heavy atom. The third kappa shape index (κ3) is 2.92. The van der Waals surface area contributed by atoms with E-state index in [1.165, 1.54) is 0 Å². The minimum Gasteiger partial charge on any atom is -0.478 e. The van der Waals surface area contributed by atoms with E-state index < -0.39 is 5.97 Å². The molecular formula is C9H9BrN2O2. The normalized spacial score (nSPS) is 11.4. The van der Waals surface area contributed by atoms with Crippen LogP contribution in [-0.4, -0.2) is 21.0 Å². The molecule has 1 rings (SSSR count). The molecule has 0 aliphatic carbocycles. The lowest BCUT2D eigenvalue weighted by Crippen LogP contribution is -1.95. The Balaban J connectivity index is 3.01. The van der Waals surface area contributed by atoms with Crippen LogP contribution >= 0.6 is 15.9 Å². The summed E-state index contributed by atoms with van der Waals surface area (Å²) in [6.45, 7) is 1.87. The molecule has 0 spiro atoms. The standard InChI is InChI=1S/C9H9BrN2O2/c1-2-6(3-9(13)14)7-4-12-8(10)5-11-7/h3-5H,2H2,1H3,(H,13,14)/b6-3+. The predicted molar refractivity (Wildman–Crippen MR) is 55.6 cm³/mol. The fourth-order valence-electron chi connectivity index (χ4n) is 0.984. The van der Waals surface area contributed by atoms with Gasteiger partial charge in [0.15, 0.2) is 0 Å². The van der Waals surface area contributed by atoms with Crippen molar-refractivity contribution in [3.63, 3.8) is 0 Å². The number of carbonyl (C=O) groups is 1. The van der Waals surface area contributed by atoms with Gasteiger partial charge in [-0.3, -0.25) is 4.98 Å². The van der Waals surface area contributed by atoms with Crippen molar-refractivity contribution in [2.75, 3.05) is 0 Å². The second-order valence-electron chi connectivity index (χ2n) is 2.59. The second-order valence-corrected chi connectivity index (χ2v) is 3.40. The van der Waals surface area contributed by atoms with E-state index in [4.69, 9.17) is 5.11 Å². The summed E-state index contributed by atoms with van der Waals surface area (Å²) in [5.74, 6) is -0.966. The largest absolute Gasteiger partial charge is 0.478 e. The molecule has 14 heavy (non-hydrogen) atoms. The first kappa shape index (κ1) is 10.8. The zero-order valence-corrected chi connectivity index (χ0v) is 9.15. The summed E-state index contributed by atoms with van der Waals surface area (Å²) in [7, 11) is 0. The van der Waals surface area contributed by atoms with E-state index in [9.17, 15) is 4.79 Å². The average molecular weight is 257 g/mol. The van der Waals surface area contributed by atoms with Crippen molar-refractivity contribution in [2.24, 2.45) is 0 Å². The fraction of sp³-hybridized carbons (Fsp3) is 0.222. The van der Waals surface area contributed by atoms with Crippen molar-refractivity contribution in [2.45, 2.75) is 13.3 Å². The van der Waals surface area contributed by atoms with Crippen LogP contribution in [0.4, 0.5) is 0 Å². The number of rotatable bonds is 3. The van der Waals surface area contributed by atoms with Gasteiger partial charge in [0, 0.05) is 6.08 Å². The maximum absolute atomic E-state index is 10.5. The monoisotopic (exact) mass is 256 g/mol. The highest BCUT2D eigenvalue weighted by molar-refractivity contribution is 9.10. The highest BCUT2D eigenvalue weighted by Gasteiger charge is 2.03. The SMILES string of the molecule is CC/C(=C\C(=O)O)c1cnc(Br)cn1. The average Bonchev–Trinajstić information content (AvgIpc) is 2.15. The number of carboxylic acid groups (broad SMARTS) is 1. The summed E-state index contributed by atoms with van der Waals surface area (Å²) in [5, 5.41) is 8.60. The molecular weight excluding hydrogens is 248 g/mol. The van der Waals surface area contributed by atoms with Gasteiger partial charge in [0.1, 0.15) is 4.60 Å². The summed E-state index contributed by atoms with van der Waals surface area (Å²) in [4.78, 5) is 18.5. The van der Waals surface area contributed by atoms with Crippen molar-refractivity contribution in [3.8, 4) is 0 Å². The van der Waals surface area contributed by atoms with Crippen molar-refractivity contribution in [3.05, 3.63) is 28.8 Å². The van der Waals surface area contributed by atoms with Gasteiger partial charge in [-0.2, -0.15) is 0 Å². The van der Waals surface area contributed by atoms with Gasteiger partial charge >= 0.3 is 5.97 Å². The molecule has 0 aromatic carbocycles. The predicted octanol–water partition coefficient (Wildman–Crippen LogP) is 2.12. The van der Waals surface area contributed by atoms with Crippen LogP contribution in [0.1, 0.15) is 19.0 Å². The molecule has 0 unspecified atom stereocenters. The first-order valence-electron chi connectivity index (χ1n) is 4.05. The molecule has 5 heteroatoms. The molecule has 1 N–H and O–H groups in total. The lowest BCUT2D eigenvalue weighted by atomic mass is 10.1. The maximum Gasteiger partial charge on any atom is 0.328 e. The Morgan fingerprint density at radius 1 is 1.57 bits per heavy atom. The van der Waals surface area contributed by atoms with Crippen molar-refractivity contribution < 1.29 is 9.90 Å². The zero-order chi connectivity index (χ0) is 10.6. The van der Waals surface area contributed by atoms with Gasteiger partial charge in [0.25, 0.3) is 0 Å². The molecule has 1 aromatic heterocycles. The number of nitrogens with zero attached hydrogens (tertiary/aromatic N) is 2. The van der Waals surface area contributed by atoms with Crippen LogP contribution in [-0.2, 0) is 4.79 Å². The van der Waals surface area contributed by atoms with Crippen LogP contribution in [0.25, 0.3) is 5.57 Å². The molecule has 4 nitrogen and oxygen atoms in total. The first-order valence-corrected chi connectivity index (χ1v) is 4.84. The molecule has 1 heterocycles. The summed E-state index contributed by atoms with van der Waals surface area (Å²) in [5.41, 5.74) is 1.26. The first-order chi connectivity index (χ1) is 6.63. The Morgan fingerprint density at radius 3 is 2.71 bits per heavy atom. The number of aliphatic carboxylic acids is 1. The Labute approximate surface area is 89.8 Å². The highest BCUT2D eigenvalue weighted by atomic mass is 79.9. The van der Waals surface area contributed by atoms with E-state index in [1.54, 1.807) is 12.4 Å². The van der Waals surface area contributed by atoms with Crippen LogP contribution in [0.2, 0.25) is 0 Å². The van der Waals surface area contributed by atoms with Gasteiger partial charge in [0.2, 0.25) is 0 Å². The molecule has 0 saturated carbocycles. The van der Waals surface area contributed by atoms with Crippen molar-refractivity contribution in [1.82, 2.24) is 9.97 Å². The topological polar surface area (TPSA) is 63.1 Å². The van der Waals surface area contributed by atoms with Crippen LogP contribution in [0.3, 0.4) is 0 Å². The van der Waals surface area contributed by atoms with Gasteiger partial charge in [-0.25, -0.2) is 9.78 Å². The minimum atomic E-state index is -0.966. The number of hydrogen-bond donors (Lipinski definition) is 1. The third-order valence-electron chi connectivity index (χ3n) is 1.63. The molecule has 0 aliphatic heterocycles. The summed E-state index contributed by atoms with van der Waals surface area (Å²) < 4.78 is 0.632. The van der Waals surface area contributed by atoms with E-state index >= 15 is 0 Å². The van der Waals surface area contributed by atoms with Crippen LogP contribution in [0.15, 0.2) is 23.1 Å². The Hall–Kier alpha value is -1.23.